The van der Waals surface area contributed by atoms with Gasteiger partial charge < -0.3 is 0 Å². The predicted molar refractivity (Wildman–Crippen MR) is 49.2 cm³/mol. The van der Waals surface area contributed by atoms with E-state index in [1.807, 2.05) is 0 Å². The number of ether oxygens (including phenoxy) is 1. The van der Waals surface area contributed by atoms with E-state index in [4.69, 9.17) is 5.70 Å². The Hall–Kier alpha value is -0.390. The fourth-order valence-electron chi connectivity index (χ4n) is 0.598. The Morgan fingerprint density at radius 2 is 1.94 bits per heavy atom. The summed E-state index contributed by atoms with van der Waals surface area (Å²) < 4.78 is 11.1. The summed E-state index contributed by atoms with van der Waals surface area (Å²) in [6.07, 6.45) is -5.65. The average Bonchev–Trinajstić information content (AvgIpc) is 2.26. The molecule has 0 rings (SSSR count). The van der Waals surface area contributed by atoms with Gasteiger partial charge in [-0.2, -0.15) is 0 Å². The first-order valence-electron chi connectivity index (χ1n) is 4.31. The van der Waals surface area contributed by atoms with Crippen LogP contribution < -0.4 is 21.0 Å². The van der Waals surface area contributed by atoms with Crippen LogP contribution >= 0.6 is 8.93 Å². The molecule has 0 aliphatic rings. The molecule has 0 aliphatic carbocycles. The molecule has 0 heterocycles. The zero-order valence-electron chi connectivity index (χ0n) is 8.99. The molecular formula is C7H10IO7S-. The minimum atomic E-state index is -2.15. The Morgan fingerprint density at radius 3 is 2.38 bits per heavy atom. The number of esters is 1. The maximum atomic E-state index is 11.1. The van der Waals surface area contributed by atoms with E-state index in [9.17, 15) is 24.6 Å². The first-order valence-corrected chi connectivity index (χ1v) is 7.29. The molecule has 0 aromatic rings. The molecule has 3 N–H and O–H groups in total. The van der Waals surface area contributed by atoms with E-state index in [2.05, 4.69) is 4.74 Å². The van der Waals surface area contributed by atoms with E-state index >= 15 is 0 Å². The molecule has 9 heteroatoms. The molecule has 16 heavy (non-hydrogen) atoms. The second kappa shape index (κ2) is 7.04. The van der Waals surface area contributed by atoms with Crippen molar-refractivity contribution in [2.24, 2.45) is 0 Å². The average molecular weight is 367 g/mol. The van der Waals surface area contributed by atoms with Crippen LogP contribution in [0.5, 0.6) is 0 Å². The summed E-state index contributed by atoms with van der Waals surface area (Å²) in [5.41, 5.74) is 0. The molecular weight excluding hydrogens is 355 g/mol. The molecule has 0 fully saturated rings. The summed E-state index contributed by atoms with van der Waals surface area (Å²) in [7, 11) is 0.514. The van der Waals surface area contributed by atoms with E-state index < -0.39 is 56.4 Å². The normalized spacial score (nSPS) is 17.1. The fraction of sp³-hybridized carbons (Fsp3) is 0.571. The van der Waals surface area contributed by atoms with Crippen LogP contribution in [0.4, 0.5) is 0 Å². The minimum absolute atomic E-state index is 0.514. The third-order valence-electron chi connectivity index (χ3n) is 1.50. The van der Waals surface area contributed by atoms with Crippen LogP contribution in [-0.4, -0.2) is 51.3 Å². The van der Waals surface area contributed by atoms with Gasteiger partial charge in [0.2, 0.25) is 0 Å². The van der Waals surface area contributed by atoms with Gasteiger partial charge in [0.15, 0.2) is 0 Å². The number of carboxylic acids is 1. The molecule has 0 aliphatic heterocycles. The van der Waals surface area contributed by atoms with Crippen molar-refractivity contribution in [2.45, 2.75) is 25.2 Å². The summed E-state index contributed by atoms with van der Waals surface area (Å²) >= 11 is -1.24. The molecule has 0 radical (unpaired) electrons. The van der Waals surface area contributed by atoms with Crippen LogP contribution in [0.2, 0.25) is 0 Å². The second-order valence-corrected chi connectivity index (χ2v) is 4.58. The summed E-state index contributed by atoms with van der Waals surface area (Å²) in [5.74, 6) is -2.82. The first kappa shape index (κ1) is 13.7. The first-order chi connectivity index (χ1) is 7.81. The third-order valence-corrected chi connectivity index (χ3v) is 3.19. The van der Waals surface area contributed by atoms with Gasteiger partial charge in [-0.25, -0.2) is 0 Å². The van der Waals surface area contributed by atoms with Gasteiger partial charge >= 0.3 is 107 Å². The van der Waals surface area contributed by atoms with E-state index in [1.54, 1.807) is 0 Å². The van der Waals surface area contributed by atoms with Gasteiger partial charge in [0.25, 0.3) is 0 Å². The zero-order valence-corrected chi connectivity index (χ0v) is 11.0. The Kier molecular flexibility index (Phi) is 6.01. The Balaban J connectivity index is 4.39. The van der Waals surface area contributed by atoms with E-state index in [1.165, 1.54) is 0 Å². The molecule has 0 bridgehead atoms. The fourth-order valence-corrected chi connectivity index (χ4v) is 1.60. The van der Waals surface area contributed by atoms with Crippen LogP contribution in [0.1, 0.15) is 6.92 Å². The SMILES string of the molecule is [3H][I-]SC(=O)[C@H](O)[C@@H](O)C(=O)O[C@@H](C)C(=O)O. The number of aliphatic hydroxyl groups is 2. The van der Waals surface area contributed by atoms with Crippen molar-refractivity contribution >= 4 is 26.0 Å². The van der Waals surface area contributed by atoms with E-state index in [-0.39, 0.29) is 0 Å². The van der Waals surface area contributed by atoms with Gasteiger partial charge in [-0.05, 0) is 0 Å². The number of carboxylic acid groups (broad SMARTS) is 1. The molecule has 0 aromatic heterocycles. The van der Waals surface area contributed by atoms with Crippen molar-refractivity contribution in [3.05, 3.63) is 0 Å². The Labute approximate surface area is 107 Å². The quantitative estimate of drug-likeness (QED) is 0.316. The van der Waals surface area contributed by atoms with Gasteiger partial charge in [-0.1, -0.05) is 0 Å². The molecule has 94 valence electrons. The van der Waals surface area contributed by atoms with Crippen molar-refractivity contribution < 1.29 is 55.4 Å². The monoisotopic (exact) mass is 367 g/mol. The van der Waals surface area contributed by atoms with Crippen molar-refractivity contribution in [1.29, 1.82) is 0.594 Å². The summed E-state index contributed by atoms with van der Waals surface area (Å²) in [6.45, 7) is 1.06. The summed E-state index contributed by atoms with van der Waals surface area (Å²) in [4.78, 5) is 32.5. The molecule has 0 aromatic carbocycles. The Morgan fingerprint density at radius 1 is 1.38 bits per heavy atom. The molecule has 0 spiro atoms. The predicted octanol–water partition coefficient (Wildman–Crippen LogP) is -4.82. The standard InChI is InChI=1S/C7H10IO7S/c1-2(5(11)12)15-6(13)3(9)4(10)7(14)16-8/h2-4,8-10H,1H3,(H,11,12)/q-1/t2-,3+,4+/m0/s1/i8T. The zero-order chi connectivity index (χ0) is 13.6. The topological polar surface area (TPSA) is 121 Å². The van der Waals surface area contributed by atoms with Crippen molar-refractivity contribution in [2.75, 3.05) is 0 Å². The molecule has 0 amide bonds. The summed E-state index contributed by atoms with van der Waals surface area (Å²) in [5, 5.41) is 25.9. The van der Waals surface area contributed by atoms with Crippen LogP contribution in [0.25, 0.3) is 0 Å². The molecule has 0 saturated carbocycles. The number of aliphatic hydroxyl groups excluding tert-OH is 2. The molecule has 0 saturated heterocycles. The molecule has 7 nitrogen and oxygen atoms in total. The van der Waals surface area contributed by atoms with Gasteiger partial charge in [0.1, 0.15) is 0 Å². The van der Waals surface area contributed by atoms with E-state index in [0.29, 0.717) is 8.93 Å². The number of carbonyl (C=O) groups is 3. The van der Waals surface area contributed by atoms with Crippen molar-refractivity contribution in [3.63, 3.8) is 0 Å². The number of rotatable bonds is 6. The maximum absolute atomic E-state index is 11.1. The number of halogens is 1. The number of hydrogen-bond acceptors (Lipinski definition) is 7. The van der Waals surface area contributed by atoms with Crippen LogP contribution in [0.15, 0.2) is 0 Å². The third kappa shape index (κ3) is 4.63. The van der Waals surface area contributed by atoms with Gasteiger partial charge in [0.05, 0.1) is 0 Å². The van der Waals surface area contributed by atoms with Crippen LogP contribution in [0.3, 0.4) is 0 Å². The van der Waals surface area contributed by atoms with Crippen molar-refractivity contribution in [1.82, 2.24) is 0 Å². The second-order valence-electron chi connectivity index (χ2n) is 2.70. The van der Waals surface area contributed by atoms with Crippen molar-refractivity contribution in [3.8, 4) is 0 Å². The Bertz CT molecular complexity index is 313. The molecule has 0 unspecified atom stereocenters. The number of aliphatic carboxylic acids is 1. The number of hydrogen-bond donors (Lipinski definition) is 3. The molecule has 3 atom stereocenters. The van der Waals surface area contributed by atoms with Crippen LogP contribution in [0, 0.1) is 0 Å². The van der Waals surface area contributed by atoms with Gasteiger partial charge in [-0.3, -0.25) is 0 Å². The summed E-state index contributed by atoms with van der Waals surface area (Å²) in [6, 6.07) is 0. The van der Waals surface area contributed by atoms with Gasteiger partial charge in [-0.15, -0.1) is 0 Å². The number of carbonyl (C=O) groups excluding carboxylic acids is 2. The van der Waals surface area contributed by atoms with Gasteiger partial charge in [0, 0.05) is 0 Å². The van der Waals surface area contributed by atoms with E-state index in [0.717, 1.165) is 6.92 Å². The van der Waals surface area contributed by atoms with Crippen LogP contribution in [-0.2, 0) is 19.1 Å².